The SMILES string of the molecule is CC(C)CC12COC(c3ccc(C#C[Si](C)(C)C)cc3)(OC1)OC2. The zero-order valence-corrected chi connectivity index (χ0v) is 16.4. The maximum Gasteiger partial charge on any atom is 0.312 e. The van der Waals surface area contributed by atoms with Gasteiger partial charge in [-0.1, -0.05) is 39.4 Å². The summed E-state index contributed by atoms with van der Waals surface area (Å²) in [5.41, 5.74) is 5.34. The van der Waals surface area contributed by atoms with Gasteiger partial charge < -0.3 is 14.2 Å². The van der Waals surface area contributed by atoms with E-state index in [-0.39, 0.29) is 5.41 Å². The molecule has 3 heterocycles. The van der Waals surface area contributed by atoms with E-state index in [1.807, 2.05) is 24.3 Å². The third kappa shape index (κ3) is 3.75. The van der Waals surface area contributed by atoms with Crippen molar-refractivity contribution in [1.82, 2.24) is 0 Å². The van der Waals surface area contributed by atoms with Crippen molar-refractivity contribution >= 4 is 8.07 Å². The summed E-state index contributed by atoms with van der Waals surface area (Å²) in [6.45, 7) is 13.3. The standard InChI is InChI=1S/C20H28O3Si/c1-16(2)12-19-13-21-20(22-14-19,23-15-19)18-8-6-17(7-9-18)10-11-24(3,4)5/h6-9,16H,12-15H2,1-5H3. The molecule has 0 aromatic heterocycles. The summed E-state index contributed by atoms with van der Waals surface area (Å²) in [6.07, 6.45) is 1.06. The number of ether oxygens (including phenoxy) is 3. The molecule has 2 bridgehead atoms. The zero-order valence-electron chi connectivity index (χ0n) is 15.4. The fourth-order valence-corrected chi connectivity index (χ4v) is 3.82. The Balaban J connectivity index is 1.73. The minimum absolute atomic E-state index is 0.0126. The van der Waals surface area contributed by atoms with Crippen LogP contribution in [-0.2, 0) is 20.2 Å². The highest BCUT2D eigenvalue weighted by atomic mass is 28.3. The fourth-order valence-electron chi connectivity index (χ4n) is 3.30. The lowest BCUT2D eigenvalue weighted by molar-refractivity contribution is -0.481. The molecule has 3 aliphatic rings. The van der Waals surface area contributed by atoms with Gasteiger partial charge in [0.05, 0.1) is 19.8 Å². The van der Waals surface area contributed by atoms with E-state index < -0.39 is 14.0 Å². The average Bonchev–Trinajstić information content (AvgIpc) is 2.53. The molecule has 0 spiro atoms. The van der Waals surface area contributed by atoms with E-state index in [1.54, 1.807) is 0 Å². The van der Waals surface area contributed by atoms with E-state index in [1.165, 1.54) is 0 Å². The van der Waals surface area contributed by atoms with E-state index in [9.17, 15) is 0 Å². The molecule has 3 aliphatic heterocycles. The third-order valence-corrected chi connectivity index (χ3v) is 5.24. The van der Waals surface area contributed by atoms with Gasteiger partial charge in [0.25, 0.3) is 0 Å². The molecule has 1 aromatic rings. The van der Waals surface area contributed by atoms with Crippen molar-refractivity contribution in [2.24, 2.45) is 11.3 Å². The summed E-state index contributed by atoms with van der Waals surface area (Å²) in [6, 6.07) is 8.07. The first-order chi connectivity index (χ1) is 11.2. The van der Waals surface area contributed by atoms with Crippen LogP contribution in [0, 0.1) is 22.8 Å². The van der Waals surface area contributed by atoms with Gasteiger partial charge in [-0.2, -0.15) is 0 Å². The number of hydrogen-bond donors (Lipinski definition) is 0. The topological polar surface area (TPSA) is 27.7 Å². The number of rotatable bonds is 3. The van der Waals surface area contributed by atoms with Crippen molar-refractivity contribution in [3.8, 4) is 11.5 Å². The molecule has 3 nitrogen and oxygen atoms in total. The van der Waals surface area contributed by atoms with Crippen molar-refractivity contribution in [1.29, 1.82) is 0 Å². The van der Waals surface area contributed by atoms with Crippen LogP contribution in [0.25, 0.3) is 0 Å². The molecule has 24 heavy (non-hydrogen) atoms. The van der Waals surface area contributed by atoms with Crippen LogP contribution in [0.15, 0.2) is 24.3 Å². The van der Waals surface area contributed by atoms with Gasteiger partial charge in [-0.05, 0) is 36.6 Å². The predicted molar refractivity (Wildman–Crippen MR) is 98.1 cm³/mol. The van der Waals surface area contributed by atoms with Crippen LogP contribution in [0.5, 0.6) is 0 Å². The fraction of sp³-hybridized carbons (Fsp3) is 0.600. The molecule has 3 fully saturated rings. The van der Waals surface area contributed by atoms with Gasteiger partial charge in [0, 0.05) is 16.5 Å². The second-order valence-corrected chi connectivity index (χ2v) is 13.3. The van der Waals surface area contributed by atoms with Crippen molar-refractivity contribution in [2.75, 3.05) is 19.8 Å². The van der Waals surface area contributed by atoms with Gasteiger partial charge in [-0.3, -0.25) is 0 Å². The molecule has 1 aromatic carbocycles. The summed E-state index contributed by atoms with van der Waals surface area (Å²) in [5, 5.41) is 0. The van der Waals surface area contributed by atoms with Crippen molar-refractivity contribution < 1.29 is 14.2 Å². The summed E-state index contributed by atoms with van der Waals surface area (Å²) >= 11 is 0. The monoisotopic (exact) mass is 344 g/mol. The molecule has 4 rings (SSSR count). The molecular formula is C20H28O3Si. The van der Waals surface area contributed by atoms with E-state index in [0.29, 0.717) is 25.7 Å². The Hall–Kier alpha value is -1.12. The summed E-state index contributed by atoms with van der Waals surface area (Å²) in [5.74, 6) is 2.85. The minimum atomic E-state index is -1.36. The third-order valence-electron chi connectivity index (χ3n) is 4.37. The Morgan fingerprint density at radius 2 is 1.54 bits per heavy atom. The number of hydrogen-bond acceptors (Lipinski definition) is 3. The van der Waals surface area contributed by atoms with Gasteiger partial charge in [0.15, 0.2) is 0 Å². The van der Waals surface area contributed by atoms with Gasteiger partial charge in [0.1, 0.15) is 8.07 Å². The first-order valence-electron chi connectivity index (χ1n) is 8.78. The Kier molecular flexibility index (Phi) is 4.65. The van der Waals surface area contributed by atoms with Gasteiger partial charge in [-0.25, -0.2) is 0 Å². The Bertz CT molecular complexity index is 622. The van der Waals surface area contributed by atoms with Gasteiger partial charge in [-0.15, -0.1) is 5.54 Å². The molecule has 0 saturated carbocycles. The summed E-state index contributed by atoms with van der Waals surface area (Å²) in [4.78, 5) is 0. The van der Waals surface area contributed by atoms with Crippen LogP contribution in [0.4, 0.5) is 0 Å². The maximum atomic E-state index is 6.04. The van der Waals surface area contributed by atoms with Crippen molar-refractivity contribution in [3.63, 3.8) is 0 Å². The predicted octanol–water partition coefficient (Wildman–Crippen LogP) is 4.14. The highest BCUT2D eigenvalue weighted by Crippen LogP contribution is 2.46. The Morgan fingerprint density at radius 3 is 2.00 bits per heavy atom. The first kappa shape index (κ1) is 17.7. The molecule has 0 aliphatic carbocycles. The maximum absolute atomic E-state index is 6.04. The largest absolute Gasteiger partial charge is 0.323 e. The first-order valence-corrected chi connectivity index (χ1v) is 12.3. The van der Waals surface area contributed by atoms with Crippen molar-refractivity contribution in [3.05, 3.63) is 35.4 Å². The summed E-state index contributed by atoms with van der Waals surface area (Å²) in [7, 11) is -1.36. The number of benzene rings is 1. The molecular weight excluding hydrogens is 316 g/mol. The van der Waals surface area contributed by atoms with E-state index in [0.717, 1.165) is 17.5 Å². The van der Waals surface area contributed by atoms with E-state index >= 15 is 0 Å². The van der Waals surface area contributed by atoms with Crippen LogP contribution in [-0.4, -0.2) is 27.9 Å². The van der Waals surface area contributed by atoms with Gasteiger partial charge in [0.2, 0.25) is 0 Å². The van der Waals surface area contributed by atoms with Crippen molar-refractivity contribution in [2.45, 2.75) is 45.9 Å². The lowest BCUT2D eigenvalue weighted by atomic mass is 9.80. The average molecular weight is 345 g/mol. The molecule has 0 radical (unpaired) electrons. The molecule has 0 unspecified atom stereocenters. The summed E-state index contributed by atoms with van der Waals surface area (Å²) < 4.78 is 18.1. The molecule has 3 saturated heterocycles. The minimum Gasteiger partial charge on any atom is -0.323 e. The Morgan fingerprint density at radius 1 is 1.00 bits per heavy atom. The van der Waals surface area contributed by atoms with Crippen LogP contribution < -0.4 is 0 Å². The molecule has 0 amide bonds. The second-order valence-electron chi connectivity index (χ2n) is 8.60. The second kappa shape index (κ2) is 6.31. The zero-order chi connectivity index (χ0) is 17.4. The van der Waals surface area contributed by atoms with Crippen LogP contribution in [0.2, 0.25) is 19.6 Å². The smallest absolute Gasteiger partial charge is 0.312 e. The lowest BCUT2D eigenvalue weighted by Gasteiger charge is -2.52. The highest BCUT2D eigenvalue weighted by molar-refractivity contribution is 6.83. The van der Waals surface area contributed by atoms with Crippen LogP contribution >= 0.6 is 0 Å². The van der Waals surface area contributed by atoms with E-state index in [4.69, 9.17) is 14.2 Å². The molecule has 130 valence electrons. The molecule has 4 heteroatoms. The quantitative estimate of drug-likeness (QED) is 0.609. The highest BCUT2D eigenvalue weighted by Gasteiger charge is 2.53. The van der Waals surface area contributed by atoms with Crippen LogP contribution in [0.3, 0.4) is 0 Å². The molecule has 0 atom stereocenters. The van der Waals surface area contributed by atoms with Crippen LogP contribution in [0.1, 0.15) is 31.4 Å². The number of fused-ring (bicyclic) bond motifs is 3. The Labute approximate surface area is 146 Å². The lowest BCUT2D eigenvalue weighted by Crippen LogP contribution is -2.58. The normalized spacial score (nSPS) is 29.4. The molecule has 0 N–H and O–H groups in total. The van der Waals surface area contributed by atoms with E-state index in [2.05, 4.69) is 45.0 Å². The van der Waals surface area contributed by atoms with Gasteiger partial charge >= 0.3 is 5.97 Å².